The van der Waals surface area contributed by atoms with E-state index in [4.69, 9.17) is 0 Å². The molecule has 3 nitrogen and oxygen atoms in total. The van der Waals surface area contributed by atoms with Crippen LogP contribution in [0.3, 0.4) is 0 Å². The number of rotatable bonds is 3. The molecule has 17 heavy (non-hydrogen) atoms. The Morgan fingerprint density at radius 2 is 2.06 bits per heavy atom. The predicted molar refractivity (Wildman–Crippen MR) is 70.1 cm³/mol. The largest absolute Gasteiger partial charge is 0.325 e. The first kappa shape index (κ1) is 12.1. The predicted octanol–water partition coefficient (Wildman–Crippen LogP) is 2.42. The monoisotopic (exact) mass is 232 g/mol. The SMILES string of the molecule is Cc1cccc(NC(=O)[C@H](C)N2CCCC2)c1. The highest BCUT2D eigenvalue weighted by molar-refractivity contribution is 5.94. The van der Waals surface area contributed by atoms with Crippen LogP contribution in [0.5, 0.6) is 0 Å². The number of hydrogen-bond acceptors (Lipinski definition) is 2. The van der Waals surface area contributed by atoms with Crippen LogP contribution < -0.4 is 5.32 Å². The molecular weight excluding hydrogens is 212 g/mol. The Morgan fingerprint density at radius 1 is 1.35 bits per heavy atom. The highest BCUT2D eigenvalue weighted by atomic mass is 16.2. The summed E-state index contributed by atoms with van der Waals surface area (Å²) in [5.41, 5.74) is 2.05. The van der Waals surface area contributed by atoms with E-state index in [2.05, 4.69) is 10.2 Å². The van der Waals surface area contributed by atoms with Crippen LogP contribution in [0.15, 0.2) is 24.3 Å². The molecular formula is C14H20N2O. The zero-order valence-electron chi connectivity index (χ0n) is 10.6. The summed E-state index contributed by atoms with van der Waals surface area (Å²) in [5, 5.41) is 2.98. The highest BCUT2D eigenvalue weighted by Gasteiger charge is 2.23. The first-order valence-corrected chi connectivity index (χ1v) is 6.28. The van der Waals surface area contributed by atoms with Crippen molar-refractivity contribution in [2.45, 2.75) is 32.7 Å². The van der Waals surface area contributed by atoms with Gasteiger partial charge in [0.2, 0.25) is 5.91 Å². The molecule has 1 aromatic rings. The van der Waals surface area contributed by atoms with Crippen molar-refractivity contribution in [1.82, 2.24) is 4.90 Å². The minimum absolute atomic E-state index is 0.0296. The maximum atomic E-state index is 12.1. The summed E-state index contributed by atoms with van der Waals surface area (Å²) >= 11 is 0. The van der Waals surface area contributed by atoms with Gasteiger partial charge in [-0.2, -0.15) is 0 Å². The van der Waals surface area contributed by atoms with Gasteiger partial charge in [0, 0.05) is 5.69 Å². The average Bonchev–Trinajstić information content (AvgIpc) is 2.81. The van der Waals surface area contributed by atoms with E-state index in [1.54, 1.807) is 0 Å². The fraction of sp³-hybridized carbons (Fsp3) is 0.500. The van der Waals surface area contributed by atoms with Gasteiger partial charge in [-0.3, -0.25) is 9.69 Å². The van der Waals surface area contributed by atoms with Crippen molar-refractivity contribution >= 4 is 11.6 Å². The van der Waals surface area contributed by atoms with E-state index in [1.807, 2.05) is 38.1 Å². The molecule has 92 valence electrons. The molecule has 0 bridgehead atoms. The normalized spacial score (nSPS) is 18.0. The molecule has 1 saturated heterocycles. The van der Waals surface area contributed by atoms with Crippen LogP contribution in [0, 0.1) is 6.92 Å². The second kappa shape index (κ2) is 5.32. The summed E-state index contributed by atoms with van der Waals surface area (Å²) in [4.78, 5) is 14.3. The van der Waals surface area contributed by atoms with Crippen molar-refractivity contribution in [2.75, 3.05) is 18.4 Å². The molecule has 1 aromatic carbocycles. The molecule has 3 heteroatoms. The van der Waals surface area contributed by atoms with Crippen LogP contribution in [0.25, 0.3) is 0 Å². The zero-order chi connectivity index (χ0) is 12.3. The highest BCUT2D eigenvalue weighted by Crippen LogP contribution is 2.14. The van der Waals surface area contributed by atoms with Gasteiger partial charge in [-0.15, -0.1) is 0 Å². The summed E-state index contributed by atoms with van der Waals surface area (Å²) in [6.45, 7) is 6.10. The maximum absolute atomic E-state index is 12.1. The smallest absolute Gasteiger partial charge is 0.241 e. The van der Waals surface area contributed by atoms with E-state index < -0.39 is 0 Å². The van der Waals surface area contributed by atoms with Gasteiger partial charge in [-0.1, -0.05) is 12.1 Å². The second-order valence-corrected chi connectivity index (χ2v) is 4.78. The summed E-state index contributed by atoms with van der Waals surface area (Å²) in [6, 6.07) is 7.89. The van der Waals surface area contributed by atoms with Gasteiger partial charge in [0.1, 0.15) is 0 Å². The van der Waals surface area contributed by atoms with Gasteiger partial charge in [-0.25, -0.2) is 0 Å². The van der Waals surface area contributed by atoms with Gasteiger partial charge in [0.25, 0.3) is 0 Å². The topological polar surface area (TPSA) is 32.3 Å². The molecule has 0 aromatic heterocycles. The van der Waals surface area contributed by atoms with E-state index >= 15 is 0 Å². The van der Waals surface area contributed by atoms with Gasteiger partial charge in [-0.05, 0) is 57.5 Å². The van der Waals surface area contributed by atoms with Gasteiger partial charge in [0.05, 0.1) is 6.04 Å². The molecule has 1 atom stereocenters. The van der Waals surface area contributed by atoms with Crippen molar-refractivity contribution in [3.8, 4) is 0 Å². The van der Waals surface area contributed by atoms with Crippen molar-refractivity contribution < 1.29 is 4.79 Å². The van der Waals surface area contributed by atoms with Crippen molar-refractivity contribution in [3.05, 3.63) is 29.8 Å². The number of nitrogens with zero attached hydrogens (tertiary/aromatic N) is 1. The van der Waals surface area contributed by atoms with Gasteiger partial charge in [0.15, 0.2) is 0 Å². The lowest BCUT2D eigenvalue weighted by molar-refractivity contribution is -0.120. The minimum Gasteiger partial charge on any atom is -0.325 e. The Balaban J connectivity index is 1.96. The molecule has 0 spiro atoms. The molecule has 0 saturated carbocycles. The molecule has 0 radical (unpaired) electrons. The standard InChI is InChI=1S/C14H20N2O/c1-11-6-5-7-13(10-11)15-14(17)12(2)16-8-3-4-9-16/h5-7,10,12H,3-4,8-9H2,1-2H3,(H,15,17)/t12-/m0/s1. The Bertz CT molecular complexity index is 397. The van der Waals surface area contributed by atoms with E-state index in [9.17, 15) is 4.79 Å². The lowest BCUT2D eigenvalue weighted by atomic mass is 10.2. The number of likely N-dealkylation sites (tertiary alicyclic amines) is 1. The third-order valence-corrected chi connectivity index (χ3v) is 3.35. The Morgan fingerprint density at radius 3 is 2.71 bits per heavy atom. The molecule has 2 rings (SSSR count). The molecule has 1 amide bonds. The molecule has 1 fully saturated rings. The van der Waals surface area contributed by atoms with E-state index in [1.165, 1.54) is 12.8 Å². The van der Waals surface area contributed by atoms with Crippen LogP contribution in [0.4, 0.5) is 5.69 Å². The van der Waals surface area contributed by atoms with Gasteiger partial charge < -0.3 is 5.32 Å². The first-order valence-electron chi connectivity index (χ1n) is 6.28. The summed E-state index contributed by atoms with van der Waals surface area (Å²) in [5.74, 6) is 0.0949. The number of benzene rings is 1. The van der Waals surface area contributed by atoms with Crippen LogP contribution in [0.2, 0.25) is 0 Å². The number of aryl methyl sites for hydroxylation is 1. The van der Waals surface area contributed by atoms with Crippen molar-refractivity contribution in [1.29, 1.82) is 0 Å². The van der Waals surface area contributed by atoms with E-state index in [0.717, 1.165) is 24.3 Å². The molecule has 0 aliphatic carbocycles. The van der Waals surface area contributed by atoms with Crippen LogP contribution in [0.1, 0.15) is 25.3 Å². The Hall–Kier alpha value is -1.35. The average molecular weight is 232 g/mol. The summed E-state index contributed by atoms with van der Waals surface area (Å²) in [6.07, 6.45) is 2.42. The number of amides is 1. The summed E-state index contributed by atoms with van der Waals surface area (Å²) in [7, 11) is 0. The maximum Gasteiger partial charge on any atom is 0.241 e. The Labute approximate surface area is 103 Å². The number of nitrogens with one attached hydrogen (secondary N) is 1. The zero-order valence-corrected chi connectivity index (χ0v) is 10.6. The lowest BCUT2D eigenvalue weighted by Gasteiger charge is -2.22. The second-order valence-electron chi connectivity index (χ2n) is 4.78. The van der Waals surface area contributed by atoms with Crippen LogP contribution in [-0.4, -0.2) is 29.9 Å². The number of anilines is 1. The first-order chi connectivity index (χ1) is 8.16. The molecule has 1 N–H and O–H groups in total. The number of hydrogen-bond donors (Lipinski definition) is 1. The molecule has 1 aliphatic heterocycles. The van der Waals surface area contributed by atoms with Crippen LogP contribution >= 0.6 is 0 Å². The molecule has 0 unspecified atom stereocenters. The third-order valence-electron chi connectivity index (χ3n) is 3.35. The fourth-order valence-electron chi connectivity index (χ4n) is 2.26. The van der Waals surface area contributed by atoms with E-state index in [0.29, 0.717) is 0 Å². The van der Waals surface area contributed by atoms with Crippen molar-refractivity contribution in [2.24, 2.45) is 0 Å². The van der Waals surface area contributed by atoms with Gasteiger partial charge >= 0.3 is 0 Å². The lowest BCUT2D eigenvalue weighted by Crippen LogP contribution is -2.40. The molecule has 1 aliphatic rings. The van der Waals surface area contributed by atoms with E-state index in [-0.39, 0.29) is 11.9 Å². The quantitative estimate of drug-likeness (QED) is 0.868. The third kappa shape index (κ3) is 3.07. The number of carbonyl (C=O) groups is 1. The van der Waals surface area contributed by atoms with Crippen LogP contribution in [-0.2, 0) is 4.79 Å². The van der Waals surface area contributed by atoms with Crippen molar-refractivity contribution in [3.63, 3.8) is 0 Å². The molecule has 1 heterocycles. The fourth-order valence-corrected chi connectivity index (χ4v) is 2.26. The minimum atomic E-state index is -0.0296. The number of carbonyl (C=O) groups excluding carboxylic acids is 1. The Kier molecular flexibility index (Phi) is 3.79. The summed E-state index contributed by atoms with van der Waals surface area (Å²) < 4.78 is 0.